The molecule has 2 fully saturated rings. The predicted octanol–water partition coefficient (Wildman–Crippen LogP) is 3.25. The van der Waals surface area contributed by atoms with E-state index in [4.69, 9.17) is 0 Å². The van der Waals surface area contributed by atoms with Gasteiger partial charge in [-0.3, -0.25) is 0 Å². The summed E-state index contributed by atoms with van der Waals surface area (Å²) in [5.74, 6) is 0. The van der Waals surface area contributed by atoms with E-state index in [0.717, 1.165) is 19.3 Å². The SMILES string of the molecule is CC1(C)CCC(NC2(C(F)(F)F)CC2)C1. The lowest BCUT2D eigenvalue weighted by molar-refractivity contribution is -0.167. The van der Waals surface area contributed by atoms with Crippen molar-refractivity contribution in [1.82, 2.24) is 5.32 Å². The van der Waals surface area contributed by atoms with Gasteiger partial charge in [-0.05, 0) is 37.5 Å². The maximum absolute atomic E-state index is 12.7. The van der Waals surface area contributed by atoms with E-state index < -0.39 is 11.7 Å². The fourth-order valence-electron chi connectivity index (χ4n) is 2.58. The normalized spacial score (nSPS) is 33.0. The van der Waals surface area contributed by atoms with Crippen molar-refractivity contribution in [1.29, 1.82) is 0 Å². The minimum atomic E-state index is -4.07. The molecule has 2 rings (SSSR count). The molecule has 0 aromatic heterocycles. The first-order valence-electron chi connectivity index (χ1n) is 5.59. The molecule has 1 nitrogen and oxygen atoms in total. The Morgan fingerprint density at radius 2 is 1.73 bits per heavy atom. The van der Waals surface area contributed by atoms with Crippen molar-refractivity contribution in [3.8, 4) is 0 Å². The Morgan fingerprint density at radius 3 is 2.07 bits per heavy atom. The monoisotopic (exact) mass is 221 g/mol. The Labute approximate surface area is 88.4 Å². The van der Waals surface area contributed by atoms with Crippen molar-refractivity contribution in [2.45, 2.75) is 63.7 Å². The third kappa shape index (κ3) is 2.14. The molecule has 15 heavy (non-hydrogen) atoms. The minimum absolute atomic E-state index is 0.0594. The van der Waals surface area contributed by atoms with Crippen molar-refractivity contribution in [3.63, 3.8) is 0 Å². The Kier molecular flexibility index (Phi) is 2.34. The van der Waals surface area contributed by atoms with Gasteiger partial charge < -0.3 is 5.32 Å². The Morgan fingerprint density at radius 1 is 1.13 bits per heavy atom. The van der Waals surface area contributed by atoms with Gasteiger partial charge in [0.1, 0.15) is 5.54 Å². The van der Waals surface area contributed by atoms with Crippen molar-refractivity contribution >= 4 is 0 Å². The molecule has 0 amide bonds. The molecule has 0 aliphatic heterocycles. The first kappa shape index (κ1) is 11.2. The number of halogens is 3. The van der Waals surface area contributed by atoms with Crippen LogP contribution in [-0.2, 0) is 0 Å². The van der Waals surface area contributed by atoms with Gasteiger partial charge >= 0.3 is 6.18 Å². The van der Waals surface area contributed by atoms with E-state index in [1.807, 2.05) is 0 Å². The summed E-state index contributed by atoms with van der Waals surface area (Å²) >= 11 is 0. The fraction of sp³-hybridized carbons (Fsp3) is 1.00. The Hall–Kier alpha value is -0.250. The number of rotatable bonds is 2. The zero-order chi connectivity index (χ0) is 11.3. The summed E-state index contributed by atoms with van der Waals surface area (Å²) < 4.78 is 38.0. The van der Waals surface area contributed by atoms with Gasteiger partial charge in [-0.25, -0.2) is 0 Å². The van der Waals surface area contributed by atoms with Gasteiger partial charge in [0.05, 0.1) is 0 Å². The molecule has 0 bridgehead atoms. The van der Waals surface area contributed by atoms with Crippen LogP contribution in [0.25, 0.3) is 0 Å². The average Bonchev–Trinajstić information content (AvgIpc) is 2.73. The van der Waals surface area contributed by atoms with Gasteiger partial charge in [0.25, 0.3) is 0 Å². The van der Waals surface area contributed by atoms with Crippen LogP contribution in [0.5, 0.6) is 0 Å². The van der Waals surface area contributed by atoms with Crippen LogP contribution < -0.4 is 5.32 Å². The van der Waals surface area contributed by atoms with Crippen LogP contribution in [0.2, 0.25) is 0 Å². The highest BCUT2D eigenvalue weighted by Crippen LogP contribution is 2.50. The van der Waals surface area contributed by atoms with E-state index in [9.17, 15) is 13.2 Å². The van der Waals surface area contributed by atoms with Crippen LogP contribution >= 0.6 is 0 Å². The quantitative estimate of drug-likeness (QED) is 0.754. The lowest BCUT2D eigenvalue weighted by Gasteiger charge is -2.26. The first-order chi connectivity index (χ1) is 6.74. The molecule has 0 aromatic carbocycles. The van der Waals surface area contributed by atoms with Gasteiger partial charge in [0.15, 0.2) is 0 Å². The second-order valence-corrected chi connectivity index (χ2v) is 5.83. The van der Waals surface area contributed by atoms with E-state index in [1.165, 1.54) is 0 Å². The highest BCUT2D eigenvalue weighted by Gasteiger charge is 2.64. The summed E-state index contributed by atoms with van der Waals surface area (Å²) in [6.07, 6.45) is -0.783. The second-order valence-electron chi connectivity index (χ2n) is 5.83. The standard InChI is InChI=1S/C11H18F3N/c1-9(2)4-3-8(7-9)15-10(5-6-10)11(12,13)14/h8,15H,3-7H2,1-2H3. The summed E-state index contributed by atoms with van der Waals surface area (Å²) in [5.41, 5.74) is -1.32. The van der Waals surface area contributed by atoms with Crippen LogP contribution in [0.1, 0.15) is 46.0 Å². The smallest absolute Gasteiger partial charge is 0.301 e. The third-order valence-electron chi connectivity index (χ3n) is 3.74. The molecule has 1 unspecified atom stereocenters. The molecular formula is C11H18F3N. The molecule has 0 aromatic rings. The molecule has 2 saturated carbocycles. The maximum Gasteiger partial charge on any atom is 0.406 e. The summed E-state index contributed by atoms with van der Waals surface area (Å²) in [4.78, 5) is 0. The van der Waals surface area contributed by atoms with Crippen LogP contribution in [-0.4, -0.2) is 17.8 Å². The molecule has 88 valence electrons. The zero-order valence-electron chi connectivity index (χ0n) is 9.25. The van der Waals surface area contributed by atoms with E-state index in [2.05, 4.69) is 19.2 Å². The van der Waals surface area contributed by atoms with Crippen LogP contribution in [0.15, 0.2) is 0 Å². The van der Waals surface area contributed by atoms with E-state index >= 15 is 0 Å². The average molecular weight is 221 g/mol. The number of alkyl halides is 3. The highest BCUT2D eigenvalue weighted by molar-refractivity contribution is 5.10. The number of nitrogens with one attached hydrogen (secondary N) is 1. The first-order valence-corrected chi connectivity index (χ1v) is 5.59. The molecule has 1 N–H and O–H groups in total. The van der Waals surface area contributed by atoms with Crippen LogP contribution in [0.3, 0.4) is 0 Å². The van der Waals surface area contributed by atoms with Crippen LogP contribution in [0, 0.1) is 5.41 Å². The van der Waals surface area contributed by atoms with E-state index in [0.29, 0.717) is 0 Å². The van der Waals surface area contributed by atoms with Gasteiger partial charge in [0.2, 0.25) is 0 Å². The zero-order valence-corrected chi connectivity index (χ0v) is 9.25. The molecule has 1 atom stereocenters. The van der Waals surface area contributed by atoms with E-state index in [1.54, 1.807) is 0 Å². The van der Waals surface area contributed by atoms with Crippen molar-refractivity contribution in [2.75, 3.05) is 0 Å². The van der Waals surface area contributed by atoms with Gasteiger partial charge in [0, 0.05) is 6.04 Å². The van der Waals surface area contributed by atoms with Gasteiger partial charge in [-0.2, -0.15) is 13.2 Å². The molecule has 0 radical (unpaired) electrons. The molecule has 2 aliphatic rings. The third-order valence-corrected chi connectivity index (χ3v) is 3.74. The summed E-state index contributed by atoms with van der Waals surface area (Å²) in [6.45, 7) is 4.25. The maximum atomic E-state index is 12.7. The molecule has 2 aliphatic carbocycles. The topological polar surface area (TPSA) is 12.0 Å². The molecular weight excluding hydrogens is 203 g/mol. The molecule has 0 spiro atoms. The molecule has 4 heteroatoms. The second kappa shape index (κ2) is 3.12. The minimum Gasteiger partial charge on any atom is -0.301 e. The number of hydrogen-bond acceptors (Lipinski definition) is 1. The van der Waals surface area contributed by atoms with Crippen molar-refractivity contribution < 1.29 is 13.2 Å². The lowest BCUT2D eigenvalue weighted by Crippen LogP contribution is -2.49. The summed E-state index contributed by atoms with van der Waals surface area (Å²) in [6, 6.07) is 0.0594. The van der Waals surface area contributed by atoms with Crippen molar-refractivity contribution in [3.05, 3.63) is 0 Å². The lowest BCUT2D eigenvalue weighted by atomic mass is 9.91. The number of hydrogen-bond donors (Lipinski definition) is 1. The summed E-state index contributed by atoms with van der Waals surface area (Å²) in [7, 11) is 0. The fourth-order valence-corrected chi connectivity index (χ4v) is 2.58. The Bertz CT molecular complexity index is 253. The predicted molar refractivity (Wildman–Crippen MR) is 52.6 cm³/mol. The van der Waals surface area contributed by atoms with Gasteiger partial charge in [-0.1, -0.05) is 13.8 Å². The van der Waals surface area contributed by atoms with Crippen molar-refractivity contribution in [2.24, 2.45) is 5.41 Å². The van der Waals surface area contributed by atoms with Gasteiger partial charge in [-0.15, -0.1) is 0 Å². The molecule has 0 saturated heterocycles. The largest absolute Gasteiger partial charge is 0.406 e. The van der Waals surface area contributed by atoms with E-state index in [-0.39, 0.29) is 24.3 Å². The van der Waals surface area contributed by atoms with Crippen LogP contribution in [0.4, 0.5) is 13.2 Å². The summed E-state index contributed by atoms with van der Waals surface area (Å²) in [5, 5.41) is 2.84. The molecule has 0 heterocycles. The highest BCUT2D eigenvalue weighted by atomic mass is 19.4. The Balaban J connectivity index is 1.94.